The molecule has 1 saturated heterocycles. The van der Waals surface area contributed by atoms with E-state index in [-0.39, 0.29) is 17.8 Å². The van der Waals surface area contributed by atoms with Gasteiger partial charge < -0.3 is 19.1 Å². The fourth-order valence-electron chi connectivity index (χ4n) is 3.47. The standard InChI is InChI=1S/C23H30N2O5S/c1-4-13-30-18-8-7-16(14-19(18)28-5-2)15-20-21(26)24-23(31-20)25-11-9-17(10-12-25)22(27)29-6-3/h7-8,14-15,17H,4-6,9-13H2,1-3H3. The molecule has 3 rings (SSSR count). The summed E-state index contributed by atoms with van der Waals surface area (Å²) in [4.78, 5) is 31.3. The fourth-order valence-corrected chi connectivity index (χ4v) is 4.43. The number of thioether (sulfide) groups is 1. The second-order valence-corrected chi connectivity index (χ2v) is 8.32. The van der Waals surface area contributed by atoms with Crippen molar-refractivity contribution >= 4 is 34.9 Å². The third kappa shape index (κ3) is 6.03. The van der Waals surface area contributed by atoms with E-state index in [1.165, 1.54) is 11.8 Å². The Hall–Kier alpha value is -2.48. The molecular formula is C23H30N2O5S. The molecule has 31 heavy (non-hydrogen) atoms. The lowest BCUT2D eigenvalue weighted by Gasteiger charge is -2.31. The van der Waals surface area contributed by atoms with Crippen molar-refractivity contribution in [2.24, 2.45) is 10.9 Å². The van der Waals surface area contributed by atoms with E-state index in [0.29, 0.717) is 67.3 Å². The van der Waals surface area contributed by atoms with E-state index < -0.39 is 0 Å². The first-order valence-corrected chi connectivity index (χ1v) is 11.7. The van der Waals surface area contributed by atoms with Gasteiger partial charge in [-0.2, -0.15) is 4.99 Å². The summed E-state index contributed by atoms with van der Waals surface area (Å²) in [5.74, 6) is 0.938. The number of hydrogen-bond donors (Lipinski definition) is 0. The summed E-state index contributed by atoms with van der Waals surface area (Å²) < 4.78 is 16.6. The molecule has 2 aliphatic rings. The van der Waals surface area contributed by atoms with Crippen LogP contribution in [-0.4, -0.2) is 54.9 Å². The molecule has 0 radical (unpaired) electrons. The highest BCUT2D eigenvalue weighted by Crippen LogP contribution is 2.34. The number of ether oxygens (including phenoxy) is 3. The van der Waals surface area contributed by atoms with Gasteiger partial charge >= 0.3 is 5.97 Å². The van der Waals surface area contributed by atoms with Crippen molar-refractivity contribution < 1.29 is 23.8 Å². The summed E-state index contributed by atoms with van der Waals surface area (Å²) in [7, 11) is 0. The van der Waals surface area contributed by atoms with Crippen molar-refractivity contribution in [3.05, 3.63) is 28.7 Å². The third-order valence-corrected chi connectivity index (χ3v) is 6.07. The minimum Gasteiger partial charge on any atom is -0.490 e. The molecule has 0 atom stereocenters. The van der Waals surface area contributed by atoms with Gasteiger partial charge in [-0.05, 0) is 68.6 Å². The average Bonchev–Trinajstić information content (AvgIpc) is 3.14. The first kappa shape index (κ1) is 23.2. The third-order valence-electron chi connectivity index (χ3n) is 5.02. The van der Waals surface area contributed by atoms with Crippen LogP contribution < -0.4 is 9.47 Å². The molecule has 1 fully saturated rings. The Kier molecular flexibility index (Phi) is 8.40. The number of piperidine rings is 1. The maximum atomic E-state index is 12.5. The lowest BCUT2D eigenvalue weighted by molar-refractivity contribution is -0.149. The van der Waals surface area contributed by atoms with E-state index in [4.69, 9.17) is 14.2 Å². The van der Waals surface area contributed by atoms with E-state index >= 15 is 0 Å². The Morgan fingerprint density at radius 1 is 1.16 bits per heavy atom. The smallest absolute Gasteiger partial charge is 0.309 e. The van der Waals surface area contributed by atoms with Gasteiger partial charge in [0.15, 0.2) is 16.7 Å². The Bertz CT molecular complexity index is 860. The van der Waals surface area contributed by atoms with Gasteiger partial charge in [0.2, 0.25) is 0 Å². The Balaban J connectivity index is 1.65. The van der Waals surface area contributed by atoms with E-state index in [2.05, 4.69) is 16.8 Å². The Labute approximate surface area is 187 Å². The lowest BCUT2D eigenvalue weighted by atomic mass is 9.97. The van der Waals surface area contributed by atoms with Crippen molar-refractivity contribution in [2.75, 3.05) is 32.9 Å². The summed E-state index contributed by atoms with van der Waals surface area (Å²) in [6, 6.07) is 5.68. The number of rotatable bonds is 8. The summed E-state index contributed by atoms with van der Waals surface area (Å²) in [6.07, 6.45) is 4.17. The van der Waals surface area contributed by atoms with Crippen LogP contribution in [-0.2, 0) is 14.3 Å². The highest BCUT2D eigenvalue weighted by atomic mass is 32.2. The van der Waals surface area contributed by atoms with Crippen molar-refractivity contribution in [1.29, 1.82) is 0 Å². The van der Waals surface area contributed by atoms with Crippen LogP contribution in [0, 0.1) is 5.92 Å². The number of carbonyl (C=O) groups excluding carboxylic acids is 2. The minimum absolute atomic E-state index is 0.0701. The van der Waals surface area contributed by atoms with Crippen LogP contribution in [0.5, 0.6) is 11.5 Å². The number of hydrogen-bond acceptors (Lipinski definition) is 7. The minimum atomic E-state index is -0.239. The summed E-state index contributed by atoms with van der Waals surface area (Å²) in [6.45, 7) is 8.74. The Morgan fingerprint density at radius 3 is 2.61 bits per heavy atom. The zero-order valence-electron chi connectivity index (χ0n) is 18.4. The van der Waals surface area contributed by atoms with E-state index in [1.807, 2.05) is 38.1 Å². The zero-order chi connectivity index (χ0) is 22.2. The zero-order valence-corrected chi connectivity index (χ0v) is 19.2. The topological polar surface area (TPSA) is 77.4 Å². The Morgan fingerprint density at radius 2 is 1.94 bits per heavy atom. The van der Waals surface area contributed by atoms with Crippen molar-refractivity contribution in [1.82, 2.24) is 4.90 Å². The highest BCUT2D eigenvalue weighted by Gasteiger charge is 2.31. The quantitative estimate of drug-likeness (QED) is 0.439. The number of benzene rings is 1. The maximum Gasteiger partial charge on any atom is 0.309 e. The molecule has 2 heterocycles. The second-order valence-electron chi connectivity index (χ2n) is 7.31. The predicted molar refractivity (Wildman–Crippen MR) is 122 cm³/mol. The number of amidine groups is 1. The average molecular weight is 447 g/mol. The van der Waals surface area contributed by atoms with Crippen molar-refractivity contribution in [3.8, 4) is 11.5 Å². The molecule has 0 aliphatic carbocycles. The molecule has 0 N–H and O–H groups in total. The van der Waals surface area contributed by atoms with Crippen LogP contribution in [0.1, 0.15) is 45.6 Å². The van der Waals surface area contributed by atoms with Crippen LogP contribution in [0.25, 0.3) is 6.08 Å². The van der Waals surface area contributed by atoms with Gasteiger partial charge in [0.1, 0.15) is 0 Å². The van der Waals surface area contributed by atoms with Crippen LogP contribution in [0.15, 0.2) is 28.1 Å². The van der Waals surface area contributed by atoms with E-state index in [0.717, 1.165) is 12.0 Å². The molecule has 0 unspecified atom stereocenters. The van der Waals surface area contributed by atoms with Gasteiger partial charge in [-0.25, -0.2) is 0 Å². The molecule has 0 bridgehead atoms. The molecular weight excluding hydrogens is 416 g/mol. The normalized spacial score (nSPS) is 18.3. The molecule has 8 heteroatoms. The summed E-state index contributed by atoms with van der Waals surface area (Å²) in [5, 5.41) is 0.700. The van der Waals surface area contributed by atoms with Crippen LogP contribution >= 0.6 is 11.8 Å². The number of amides is 1. The van der Waals surface area contributed by atoms with Gasteiger partial charge in [0, 0.05) is 13.1 Å². The van der Waals surface area contributed by atoms with E-state index in [1.54, 1.807) is 0 Å². The fraction of sp³-hybridized carbons (Fsp3) is 0.522. The summed E-state index contributed by atoms with van der Waals surface area (Å²) in [5.41, 5.74) is 0.862. The molecule has 0 spiro atoms. The molecule has 7 nitrogen and oxygen atoms in total. The molecule has 0 aromatic heterocycles. The maximum absolute atomic E-state index is 12.5. The van der Waals surface area contributed by atoms with Crippen molar-refractivity contribution in [3.63, 3.8) is 0 Å². The molecule has 2 aliphatic heterocycles. The predicted octanol–water partition coefficient (Wildman–Crippen LogP) is 4.12. The number of esters is 1. The molecule has 168 valence electrons. The largest absolute Gasteiger partial charge is 0.490 e. The summed E-state index contributed by atoms with van der Waals surface area (Å²) >= 11 is 1.38. The van der Waals surface area contributed by atoms with Crippen LogP contribution in [0.4, 0.5) is 0 Å². The van der Waals surface area contributed by atoms with Crippen LogP contribution in [0.2, 0.25) is 0 Å². The monoisotopic (exact) mass is 446 g/mol. The number of likely N-dealkylation sites (tertiary alicyclic amines) is 1. The number of aliphatic imine (C=N–C) groups is 1. The van der Waals surface area contributed by atoms with Gasteiger partial charge in [-0.3, -0.25) is 9.59 Å². The number of carbonyl (C=O) groups is 2. The van der Waals surface area contributed by atoms with Crippen LogP contribution in [0.3, 0.4) is 0 Å². The van der Waals surface area contributed by atoms with Gasteiger partial charge in [-0.15, -0.1) is 0 Å². The molecule has 1 aromatic carbocycles. The van der Waals surface area contributed by atoms with Gasteiger partial charge in [-0.1, -0.05) is 13.0 Å². The number of nitrogens with zero attached hydrogens (tertiary/aromatic N) is 2. The SMILES string of the molecule is CCCOc1ccc(C=C2SC(N3CCC(C(=O)OCC)CC3)=NC2=O)cc1OCC. The van der Waals surface area contributed by atoms with E-state index in [9.17, 15) is 9.59 Å². The molecule has 1 aromatic rings. The van der Waals surface area contributed by atoms with Gasteiger partial charge in [0.25, 0.3) is 5.91 Å². The highest BCUT2D eigenvalue weighted by molar-refractivity contribution is 8.18. The first-order valence-electron chi connectivity index (χ1n) is 10.9. The first-order chi connectivity index (χ1) is 15.0. The molecule has 1 amide bonds. The van der Waals surface area contributed by atoms with Crippen molar-refractivity contribution in [2.45, 2.75) is 40.0 Å². The second kappa shape index (κ2) is 11.2. The molecule has 0 saturated carbocycles. The van der Waals surface area contributed by atoms with Gasteiger partial charge in [0.05, 0.1) is 30.6 Å². The lowest BCUT2D eigenvalue weighted by Crippen LogP contribution is -2.39.